The SMILES string of the molecule is COc1ccc2c(-c3ccccc3)cc(SC(C)C(=O)NC3CCS(=O)(=O)C3)nc2c1. The first-order valence-electron chi connectivity index (χ1n) is 10.1. The number of nitrogens with one attached hydrogen (secondary N) is 1. The molecule has 4 rings (SSSR count). The molecule has 1 aliphatic heterocycles. The Labute approximate surface area is 186 Å². The number of rotatable bonds is 6. The Morgan fingerprint density at radius 3 is 2.65 bits per heavy atom. The summed E-state index contributed by atoms with van der Waals surface area (Å²) in [6.07, 6.45) is 0.470. The van der Waals surface area contributed by atoms with Crippen LogP contribution in [0.4, 0.5) is 0 Å². The molecule has 1 aromatic heterocycles. The molecule has 3 aromatic rings. The highest BCUT2D eigenvalue weighted by Gasteiger charge is 2.30. The van der Waals surface area contributed by atoms with Crippen LogP contribution in [0.25, 0.3) is 22.0 Å². The summed E-state index contributed by atoms with van der Waals surface area (Å²) in [7, 11) is -1.42. The summed E-state index contributed by atoms with van der Waals surface area (Å²) in [4.78, 5) is 17.4. The molecule has 0 aliphatic carbocycles. The lowest BCUT2D eigenvalue weighted by molar-refractivity contribution is -0.120. The number of ether oxygens (including phenoxy) is 1. The zero-order chi connectivity index (χ0) is 22.0. The van der Waals surface area contributed by atoms with Gasteiger partial charge in [-0.2, -0.15) is 0 Å². The highest BCUT2D eigenvalue weighted by molar-refractivity contribution is 8.00. The van der Waals surface area contributed by atoms with E-state index in [9.17, 15) is 13.2 Å². The number of carbonyl (C=O) groups is 1. The fraction of sp³-hybridized carbons (Fsp3) is 0.304. The molecule has 1 aliphatic rings. The molecule has 8 heteroatoms. The number of pyridine rings is 1. The minimum absolute atomic E-state index is 0.0162. The van der Waals surface area contributed by atoms with Gasteiger partial charge in [0.05, 0.1) is 34.4 Å². The maximum atomic E-state index is 12.7. The van der Waals surface area contributed by atoms with Gasteiger partial charge in [-0.3, -0.25) is 4.79 Å². The summed E-state index contributed by atoms with van der Waals surface area (Å²) in [5, 5.41) is 4.18. The highest BCUT2D eigenvalue weighted by atomic mass is 32.2. The normalized spacial score (nSPS) is 18.6. The predicted octanol–water partition coefficient (Wildman–Crippen LogP) is 3.69. The number of carbonyl (C=O) groups excluding carboxylic acids is 1. The summed E-state index contributed by atoms with van der Waals surface area (Å²) in [5.74, 6) is 0.686. The van der Waals surface area contributed by atoms with E-state index in [-0.39, 0.29) is 23.5 Å². The first kappa shape index (κ1) is 21.6. The lowest BCUT2D eigenvalue weighted by Crippen LogP contribution is -2.39. The zero-order valence-electron chi connectivity index (χ0n) is 17.4. The predicted molar refractivity (Wildman–Crippen MR) is 124 cm³/mol. The van der Waals surface area contributed by atoms with Crippen LogP contribution in [0.2, 0.25) is 0 Å². The summed E-state index contributed by atoms with van der Waals surface area (Å²) in [6.45, 7) is 1.81. The third-order valence-electron chi connectivity index (χ3n) is 5.32. The van der Waals surface area contributed by atoms with Gasteiger partial charge in [-0.25, -0.2) is 13.4 Å². The van der Waals surface area contributed by atoms with Crippen LogP contribution in [0.1, 0.15) is 13.3 Å². The molecule has 6 nitrogen and oxygen atoms in total. The Morgan fingerprint density at radius 1 is 1.19 bits per heavy atom. The van der Waals surface area contributed by atoms with Crippen LogP contribution in [0.5, 0.6) is 5.75 Å². The zero-order valence-corrected chi connectivity index (χ0v) is 19.0. The van der Waals surface area contributed by atoms with Gasteiger partial charge >= 0.3 is 0 Å². The lowest BCUT2D eigenvalue weighted by Gasteiger charge is -2.16. The van der Waals surface area contributed by atoms with Crippen molar-refractivity contribution in [1.82, 2.24) is 10.3 Å². The molecule has 0 saturated carbocycles. The monoisotopic (exact) mass is 456 g/mol. The van der Waals surface area contributed by atoms with Crippen LogP contribution < -0.4 is 10.1 Å². The van der Waals surface area contributed by atoms with Crippen LogP contribution in [-0.2, 0) is 14.6 Å². The average molecular weight is 457 g/mol. The van der Waals surface area contributed by atoms with Crippen LogP contribution >= 0.6 is 11.8 Å². The molecule has 1 amide bonds. The topological polar surface area (TPSA) is 85.4 Å². The van der Waals surface area contributed by atoms with Gasteiger partial charge in [0.2, 0.25) is 5.91 Å². The molecule has 2 heterocycles. The number of hydrogen-bond donors (Lipinski definition) is 1. The van der Waals surface area contributed by atoms with E-state index in [1.807, 2.05) is 61.5 Å². The number of aromatic nitrogens is 1. The van der Waals surface area contributed by atoms with E-state index >= 15 is 0 Å². The van der Waals surface area contributed by atoms with Crippen molar-refractivity contribution in [2.45, 2.75) is 29.7 Å². The molecule has 0 spiro atoms. The van der Waals surface area contributed by atoms with Crippen molar-refractivity contribution in [3.05, 3.63) is 54.6 Å². The molecule has 2 aromatic carbocycles. The van der Waals surface area contributed by atoms with Crippen molar-refractivity contribution in [2.75, 3.05) is 18.6 Å². The fourth-order valence-corrected chi connectivity index (χ4v) is 6.24. The second-order valence-corrected chi connectivity index (χ2v) is 11.2. The summed E-state index contributed by atoms with van der Waals surface area (Å²) in [5.41, 5.74) is 2.89. The standard InChI is InChI=1S/C23H24N2O4S2/c1-15(23(26)24-17-10-11-31(27,28)14-17)30-22-13-20(16-6-4-3-5-7-16)19-9-8-18(29-2)12-21(19)25-22/h3-9,12-13,15,17H,10-11,14H2,1-2H3,(H,24,26). The molecular weight excluding hydrogens is 432 g/mol. The molecule has 1 N–H and O–H groups in total. The Hall–Kier alpha value is -2.58. The van der Waals surface area contributed by atoms with E-state index in [1.54, 1.807) is 7.11 Å². The Morgan fingerprint density at radius 2 is 1.97 bits per heavy atom. The van der Waals surface area contributed by atoms with E-state index in [0.29, 0.717) is 6.42 Å². The maximum absolute atomic E-state index is 12.7. The fourth-order valence-electron chi connectivity index (χ4n) is 3.69. The third-order valence-corrected chi connectivity index (χ3v) is 8.11. The second kappa shape index (κ2) is 8.88. The molecule has 2 atom stereocenters. The quantitative estimate of drug-likeness (QED) is 0.570. The number of fused-ring (bicyclic) bond motifs is 1. The van der Waals surface area contributed by atoms with Crippen molar-refractivity contribution in [2.24, 2.45) is 0 Å². The number of thioether (sulfide) groups is 1. The van der Waals surface area contributed by atoms with Crippen molar-refractivity contribution in [1.29, 1.82) is 0 Å². The first-order chi connectivity index (χ1) is 14.8. The summed E-state index contributed by atoms with van der Waals surface area (Å²) < 4.78 is 28.7. The van der Waals surface area contributed by atoms with Crippen molar-refractivity contribution < 1.29 is 17.9 Å². The Balaban J connectivity index is 1.61. The minimum atomic E-state index is -3.04. The van der Waals surface area contributed by atoms with Gasteiger partial charge in [-0.1, -0.05) is 42.1 Å². The summed E-state index contributed by atoms with van der Waals surface area (Å²) >= 11 is 1.36. The van der Waals surface area contributed by atoms with E-state index in [0.717, 1.165) is 32.8 Å². The van der Waals surface area contributed by atoms with E-state index in [4.69, 9.17) is 9.72 Å². The number of amides is 1. The molecule has 1 fully saturated rings. The van der Waals surface area contributed by atoms with Crippen molar-refractivity contribution in [3.8, 4) is 16.9 Å². The van der Waals surface area contributed by atoms with Gasteiger partial charge < -0.3 is 10.1 Å². The smallest absolute Gasteiger partial charge is 0.233 e. The molecule has 0 bridgehead atoms. The average Bonchev–Trinajstić information content (AvgIpc) is 3.11. The molecule has 0 radical (unpaired) electrons. The largest absolute Gasteiger partial charge is 0.497 e. The lowest BCUT2D eigenvalue weighted by atomic mass is 10.0. The van der Waals surface area contributed by atoms with Gasteiger partial charge in [0.25, 0.3) is 0 Å². The number of hydrogen-bond acceptors (Lipinski definition) is 6. The maximum Gasteiger partial charge on any atom is 0.233 e. The van der Waals surface area contributed by atoms with E-state index < -0.39 is 15.1 Å². The van der Waals surface area contributed by atoms with Crippen LogP contribution in [0.3, 0.4) is 0 Å². The van der Waals surface area contributed by atoms with Crippen molar-refractivity contribution in [3.63, 3.8) is 0 Å². The first-order valence-corrected chi connectivity index (χ1v) is 12.8. The molecule has 162 valence electrons. The second-order valence-electron chi connectivity index (χ2n) is 7.63. The molecule has 31 heavy (non-hydrogen) atoms. The van der Waals surface area contributed by atoms with Crippen LogP contribution in [-0.4, -0.2) is 49.2 Å². The Bertz CT molecular complexity index is 1210. The minimum Gasteiger partial charge on any atom is -0.497 e. The van der Waals surface area contributed by atoms with E-state index in [2.05, 4.69) is 5.32 Å². The molecule has 2 unspecified atom stereocenters. The van der Waals surface area contributed by atoms with Crippen molar-refractivity contribution >= 4 is 38.4 Å². The third kappa shape index (κ3) is 5.02. The molecule has 1 saturated heterocycles. The number of benzene rings is 2. The van der Waals surface area contributed by atoms with Gasteiger partial charge in [0.1, 0.15) is 5.75 Å². The number of nitrogens with zero attached hydrogens (tertiary/aromatic N) is 1. The van der Waals surface area contributed by atoms with Gasteiger partial charge in [0.15, 0.2) is 9.84 Å². The number of methoxy groups -OCH3 is 1. The summed E-state index contributed by atoms with van der Waals surface area (Å²) in [6, 6.07) is 17.5. The molecular formula is C23H24N2O4S2. The van der Waals surface area contributed by atoms with Gasteiger partial charge in [0, 0.05) is 17.5 Å². The number of sulfone groups is 1. The van der Waals surface area contributed by atoms with Gasteiger partial charge in [-0.15, -0.1) is 0 Å². The van der Waals surface area contributed by atoms with Crippen LogP contribution in [0.15, 0.2) is 59.6 Å². The van der Waals surface area contributed by atoms with E-state index in [1.165, 1.54) is 11.8 Å². The Kier molecular flexibility index (Phi) is 6.20. The highest BCUT2D eigenvalue weighted by Crippen LogP contribution is 2.34. The van der Waals surface area contributed by atoms with Crippen LogP contribution in [0, 0.1) is 0 Å². The van der Waals surface area contributed by atoms with Gasteiger partial charge in [-0.05, 0) is 42.7 Å².